The predicted octanol–water partition coefficient (Wildman–Crippen LogP) is 2.58. The normalized spacial score (nSPS) is 11.7. The number of aromatic hydroxyl groups is 1. The van der Waals surface area contributed by atoms with Crippen LogP contribution in [0.3, 0.4) is 0 Å². The van der Waals surface area contributed by atoms with Crippen LogP contribution in [0.4, 0.5) is 0 Å². The number of hydrogen-bond acceptors (Lipinski definition) is 6. The van der Waals surface area contributed by atoms with Gasteiger partial charge in [0.05, 0.1) is 25.3 Å². The minimum Gasteiger partial charge on any atom is -0.493 e. The van der Waals surface area contributed by atoms with Crippen molar-refractivity contribution in [3.63, 3.8) is 0 Å². The molecule has 2 aromatic heterocycles. The average Bonchev–Trinajstić information content (AvgIpc) is 3.09. The van der Waals surface area contributed by atoms with E-state index in [9.17, 15) is 19.8 Å². The molecular formula is C19H17ClN4O5. The van der Waals surface area contributed by atoms with Gasteiger partial charge in [-0.15, -0.1) is 0 Å². The van der Waals surface area contributed by atoms with Gasteiger partial charge in [-0.2, -0.15) is 5.10 Å². The van der Waals surface area contributed by atoms with Crippen molar-refractivity contribution in [2.24, 2.45) is 0 Å². The number of carboxylic acid groups (broad SMARTS) is 1. The molecule has 9 nitrogen and oxygen atoms in total. The standard InChI is InChI=1S/C19H17ClN4O5/c1-29-16-6-5-11(10-21-16)14(9-18(26)27)22-19(28)15-8-17(25)24(23-15)13-4-2-3-12(20)7-13/h2-8,10,14,25H,9H2,1H3,(H,22,28)(H,26,27)/t14-/m0/s1. The van der Waals surface area contributed by atoms with E-state index in [1.165, 1.54) is 19.4 Å². The van der Waals surface area contributed by atoms with E-state index in [-0.39, 0.29) is 18.0 Å². The predicted molar refractivity (Wildman–Crippen MR) is 103 cm³/mol. The van der Waals surface area contributed by atoms with Gasteiger partial charge in [0.15, 0.2) is 5.69 Å². The Hall–Kier alpha value is -3.59. The van der Waals surface area contributed by atoms with Gasteiger partial charge >= 0.3 is 5.97 Å². The Kier molecular flexibility index (Phi) is 5.99. The van der Waals surface area contributed by atoms with E-state index < -0.39 is 17.9 Å². The molecule has 0 aliphatic heterocycles. The largest absolute Gasteiger partial charge is 0.493 e. The third kappa shape index (κ3) is 4.82. The van der Waals surface area contributed by atoms with Gasteiger partial charge in [0.1, 0.15) is 0 Å². The maximum absolute atomic E-state index is 12.6. The van der Waals surface area contributed by atoms with Crippen molar-refractivity contribution in [2.45, 2.75) is 12.5 Å². The molecular weight excluding hydrogens is 400 g/mol. The van der Waals surface area contributed by atoms with Gasteiger partial charge in [-0.05, 0) is 23.8 Å². The van der Waals surface area contributed by atoms with Crippen molar-refractivity contribution in [3.8, 4) is 17.4 Å². The van der Waals surface area contributed by atoms with Gasteiger partial charge in [0.25, 0.3) is 5.91 Å². The van der Waals surface area contributed by atoms with Crippen LogP contribution in [0.2, 0.25) is 5.02 Å². The lowest BCUT2D eigenvalue weighted by atomic mass is 10.1. The summed E-state index contributed by atoms with van der Waals surface area (Å²) < 4.78 is 6.14. The zero-order valence-corrected chi connectivity index (χ0v) is 16.0. The topological polar surface area (TPSA) is 127 Å². The summed E-state index contributed by atoms with van der Waals surface area (Å²) in [5.41, 5.74) is 0.870. The molecule has 29 heavy (non-hydrogen) atoms. The van der Waals surface area contributed by atoms with Crippen molar-refractivity contribution < 1.29 is 24.5 Å². The van der Waals surface area contributed by atoms with E-state index in [0.29, 0.717) is 22.2 Å². The van der Waals surface area contributed by atoms with E-state index in [1.807, 2.05) is 0 Å². The Morgan fingerprint density at radius 2 is 2.07 bits per heavy atom. The van der Waals surface area contributed by atoms with Crippen LogP contribution in [0.15, 0.2) is 48.7 Å². The van der Waals surface area contributed by atoms with Crippen LogP contribution in [-0.4, -0.2) is 44.0 Å². The number of nitrogens with zero attached hydrogens (tertiary/aromatic N) is 3. The number of amides is 1. The van der Waals surface area contributed by atoms with Gasteiger partial charge in [-0.3, -0.25) is 9.59 Å². The van der Waals surface area contributed by atoms with Crippen LogP contribution in [0.1, 0.15) is 28.5 Å². The quantitative estimate of drug-likeness (QED) is 0.540. The van der Waals surface area contributed by atoms with Crippen molar-refractivity contribution >= 4 is 23.5 Å². The minimum atomic E-state index is -1.10. The molecule has 2 heterocycles. The highest BCUT2D eigenvalue weighted by molar-refractivity contribution is 6.30. The molecule has 0 aliphatic carbocycles. The van der Waals surface area contributed by atoms with Crippen molar-refractivity contribution in [1.29, 1.82) is 0 Å². The number of carboxylic acids is 1. The Bertz CT molecular complexity index is 1040. The summed E-state index contributed by atoms with van der Waals surface area (Å²) in [7, 11) is 1.46. The van der Waals surface area contributed by atoms with Crippen molar-refractivity contribution in [3.05, 3.63) is 64.9 Å². The second kappa shape index (κ2) is 8.61. The Morgan fingerprint density at radius 3 is 2.69 bits per heavy atom. The minimum absolute atomic E-state index is 0.0839. The first-order chi connectivity index (χ1) is 13.9. The molecule has 1 atom stereocenters. The molecule has 0 aliphatic rings. The summed E-state index contributed by atoms with van der Waals surface area (Å²) in [6.45, 7) is 0. The summed E-state index contributed by atoms with van der Waals surface area (Å²) in [4.78, 5) is 27.9. The summed E-state index contributed by atoms with van der Waals surface area (Å²) in [6.07, 6.45) is 1.06. The zero-order chi connectivity index (χ0) is 21.0. The molecule has 3 rings (SSSR count). The van der Waals surface area contributed by atoms with Crippen LogP contribution in [0.25, 0.3) is 5.69 Å². The molecule has 1 amide bonds. The molecule has 3 aromatic rings. The molecule has 1 aromatic carbocycles. The Morgan fingerprint density at radius 1 is 1.28 bits per heavy atom. The van der Waals surface area contributed by atoms with Crippen LogP contribution in [-0.2, 0) is 4.79 Å². The first kappa shape index (κ1) is 20.2. The second-order valence-electron chi connectivity index (χ2n) is 6.04. The Balaban J connectivity index is 1.84. The fourth-order valence-electron chi connectivity index (χ4n) is 2.66. The number of aliphatic carboxylic acids is 1. The zero-order valence-electron chi connectivity index (χ0n) is 15.2. The molecule has 0 spiro atoms. The molecule has 0 bridgehead atoms. The van der Waals surface area contributed by atoms with Gasteiger partial charge in [-0.25, -0.2) is 9.67 Å². The van der Waals surface area contributed by atoms with E-state index in [0.717, 1.165) is 4.68 Å². The van der Waals surface area contributed by atoms with Crippen LogP contribution < -0.4 is 10.1 Å². The number of ether oxygens (including phenoxy) is 1. The van der Waals surface area contributed by atoms with Crippen molar-refractivity contribution in [1.82, 2.24) is 20.1 Å². The number of methoxy groups -OCH3 is 1. The smallest absolute Gasteiger partial charge is 0.305 e. The number of benzene rings is 1. The SMILES string of the molecule is COc1ccc([C@H](CC(=O)O)NC(=O)c2cc(O)n(-c3cccc(Cl)c3)n2)cn1. The number of rotatable bonds is 7. The molecule has 0 fully saturated rings. The summed E-state index contributed by atoms with van der Waals surface area (Å²) >= 11 is 5.95. The number of aromatic nitrogens is 3. The first-order valence-corrected chi connectivity index (χ1v) is 8.82. The number of hydrogen-bond donors (Lipinski definition) is 3. The summed E-state index contributed by atoms with van der Waals surface area (Å²) in [5.74, 6) is -1.65. The fraction of sp³-hybridized carbons (Fsp3) is 0.158. The summed E-state index contributed by atoms with van der Waals surface area (Å²) in [5, 5.41) is 26.5. The number of carbonyl (C=O) groups is 2. The lowest BCUT2D eigenvalue weighted by molar-refractivity contribution is -0.137. The molecule has 0 radical (unpaired) electrons. The molecule has 0 unspecified atom stereocenters. The van der Waals surface area contributed by atoms with Gasteiger partial charge in [0.2, 0.25) is 11.8 Å². The third-order valence-electron chi connectivity index (χ3n) is 4.03. The maximum Gasteiger partial charge on any atom is 0.305 e. The molecule has 0 saturated heterocycles. The lowest BCUT2D eigenvalue weighted by Gasteiger charge is -2.16. The summed E-state index contributed by atoms with van der Waals surface area (Å²) in [6, 6.07) is 10.1. The van der Waals surface area contributed by atoms with Gasteiger partial charge < -0.3 is 20.3 Å². The van der Waals surface area contributed by atoms with Crippen LogP contribution in [0, 0.1) is 0 Å². The van der Waals surface area contributed by atoms with Crippen LogP contribution >= 0.6 is 11.6 Å². The lowest BCUT2D eigenvalue weighted by Crippen LogP contribution is -2.30. The molecule has 0 saturated carbocycles. The monoisotopic (exact) mass is 416 g/mol. The Labute approximate surface area is 170 Å². The van der Waals surface area contributed by atoms with Gasteiger partial charge in [-0.1, -0.05) is 23.7 Å². The number of nitrogens with one attached hydrogen (secondary N) is 1. The molecule has 10 heteroatoms. The van der Waals surface area contributed by atoms with Crippen LogP contribution in [0.5, 0.6) is 11.8 Å². The second-order valence-corrected chi connectivity index (χ2v) is 6.47. The van der Waals surface area contributed by atoms with Crippen molar-refractivity contribution in [2.75, 3.05) is 7.11 Å². The highest BCUT2D eigenvalue weighted by Gasteiger charge is 2.22. The van der Waals surface area contributed by atoms with E-state index >= 15 is 0 Å². The van der Waals surface area contributed by atoms with Gasteiger partial charge in [0, 0.05) is 23.4 Å². The number of halogens is 1. The maximum atomic E-state index is 12.6. The van der Waals surface area contributed by atoms with E-state index in [1.54, 1.807) is 36.4 Å². The third-order valence-corrected chi connectivity index (χ3v) is 4.27. The highest BCUT2D eigenvalue weighted by Crippen LogP contribution is 2.22. The number of pyridine rings is 1. The molecule has 3 N–H and O–H groups in total. The number of carbonyl (C=O) groups excluding carboxylic acids is 1. The fourth-order valence-corrected chi connectivity index (χ4v) is 2.84. The molecule has 150 valence electrons. The first-order valence-electron chi connectivity index (χ1n) is 8.45. The van der Waals surface area contributed by atoms with E-state index in [2.05, 4.69) is 15.4 Å². The van der Waals surface area contributed by atoms with E-state index in [4.69, 9.17) is 16.3 Å². The highest BCUT2D eigenvalue weighted by atomic mass is 35.5. The average molecular weight is 417 g/mol.